The van der Waals surface area contributed by atoms with Gasteiger partial charge in [0.1, 0.15) is 6.10 Å². The number of piperidine rings is 1. The maximum Gasteiger partial charge on any atom is 0.309 e. The van der Waals surface area contributed by atoms with Gasteiger partial charge < -0.3 is 19.5 Å². The van der Waals surface area contributed by atoms with Crippen LogP contribution in [0, 0.1) is 73.4 Å². The molecular formula is C45H73NO6. The monoisotopic (exact) mass is 724 g/mol. The number of fused-ring (bicyclic) bond motifs is 7. The predicted octanol–water partition coefficient (Wildman–Crippen LogP) is 9.56. The minimum Gasteiger partial charge on any atom is -0.481 e. The molecule has 7 fully saturated rings. The number of carbonyl (C=O) groups is 3. The van der Waals surface area contributed by atoms with E-state index in [-0.39, 0.29) is 45.6 Å². The molecule has 0 bridgehead atoms. The van der Waals surface area contributed by atoms with Crippen molar-refractivity contribution in [2.24, 2.45) is 73.4 Å². The van der Waals surface area contributed by atoms with Gasteiger partial charge in [-0.25, -0.2) is 0 Å². The Labute approximate surface area is 315 Å². The molecule has 1 aliphatic heterocycles. The molecule has 52 heavy (non-hydrogen) atoms. The summed E-state index contributed by atoms with van der Waals surface area (Å²) < 4.78 is 11.6. The van der Waals surface area contributed by atoms with Crippen LogP contribution in [0.15, 0.2) is 0 Å². The number of amides is 1. The summed E-state index contributed by atoms with van der Waals surface area (Å²) in [6.07, 6.45) is 17.0. The molecule has 7 rings (SSSR count). The minimum atomic E-state index is -1.14. The fraction of sp³-hybridized carbons (Fsp3) is 0.933. The van der Waals surface area contributed by atoms with Gasteiger partial charge in [-0.3, -0.25) is 14.4 Å². The summed E-state index contributed by atoms with van der Waals surface area (Å²) in [5.41, 5.74) is -0.514. The van der Waals surface area contributed by atoms with Crippen molar-refractivity contribution in [2.45, 2.75) is 164 Å². The lowest BCUT2D eigenvalue weighted by atomic mass is 9.32. The van der Waals surface area contributed by atoms with Gasteiger partial charge in [0.25, 0.3) is 0 Å². The van der Waals surface area contributed by atoms with Crippen LogP contribution >= 0.6 is 0 Å². The first-order valence-corrected chi connectivity index (χ1v) is 21.5. The number of carbonyl (C=O) groups excluding carboxylic acids is 2. The fourth-order valence-electron chi connectivity index (χ4n) is 15.2. The maximum absolute atomic E-state index is 15.1. The van der Waals surface area contributed by atoms with E-state index < -0.39 is 11.4 Å². The first-order valence-electron chi connectivity index (χ1n) is 21.5. The molecule has 10 atom stereocenters. The van der Waals surface area contributed by atoms with Crippen LogP contribution in [0.2, 0.25) is 0 Å². The third-order valence-electron chi connectivity index (χ3n) is 18.8. The Hall–Kier alpha value is -1.63. The van der Waals surface area contributed by atoms with E-state index in [1.165, 1.54) is 44.9 Å². The van der Waals surface area contributed by atoms with Crippen LogP contribution in [0.3, 0.4) is 0 Å². The number of esters is 1. The van der Waals surface area contributed by atoms with Gasteiger partial charge in [0.2, 0.25) is 5.91 Å². The Bertz CT molecular complexity index is 1410. The summed E-state index contributed by atoms with van der Waals surface area (Å²) in [7, 11) is 1.80. The molecule has 6 aliphatic carbocycles. The molecule has 1 heterocycles. The van der Waals surface area contributed by atoms with E-state index in [4.69, 9.17) is 9.47 Å². The van der Waals surface area contributed by atoms with Gasteiger partial charge in [-0.15, -0.1) is 0 Å². The number of carboxylic acids is 1. The molecule has 0 aromatic rings. The lowest BCUT2D eigenvalue weighted by molar-refractivity contribution is -0.251. The van der Waals surface area contributed by atoms with Crippen molar-refractivity contribution < 1.29 is 29.0 Å². The van der Waals surface area contributed by atoms with Crippen molar-refractivity contribution >= 4 is 17.8 Å². The van der Waals surface area contributed by atoms with E-state index in [0.29, 0.717) is 46.8 Å². The summed E-state index contributed by atoms with van der Waals surface area (Å²) in [6, 6.07) is 0. The summed E-state index contributed by atoms with van der Waals surface area (Å²) in [5, 5.41) is 9.64. The fourth-order valence-corrected chi connectivity index (χ4v) is 15.2. The number of likely N-dealkylation sites (tertiary alicyclic amines) is 1. The number of hydrogen-bond acceptors (Lipinski definition) is 5. The molecule has 0 radical (unpaired) electrons. The molecule has 294 valence electrons. The quantitative estimate of drug-likeness (QED) is 0.238. The number of aliphatic carboxylic acids is 1. The SMILES string of the molecule is COCCC1CCN(C(=O)[C@]23CC[C@@H](C4(C)CC4)[C@@H]2[C@H]2CC[C@@H]4[C@@]5(C)CC[C@H](OC(=O)CC(C)(C)C(=O)O)C(C)(C)[C@@H]5CC[C@@]4(C)[C@]2(C)CC3)CC1. The van der Waals surface area contributed by atoms with Crippen LogP contribution in [0.25, 0.3) is 0 Å². The highest BCUT2D eigenvalue weighted by Gasteiger charge is 2.73. The van der Waals surface area contributed by atoms with Gasteiger partial charge in [0.15, 0.2) is 0 Å². The highest BCUT2D eigenvalue weighted by molar-refractivity contribution is 5.84. The third-order valence-corrected chi connectivity index (χ3v) is 18.8. The van der Waals surface area contributed by atoms with Crippen molar-refractivity contribution in [1.29, 1.82) is 0 Å². The van der Waals surface area contributed by atoms with Crippen LogP contribution < -0.4 is 0 Å². The molecule has 1 amide bonds. The van der Waals surface area contributed by atoms with Crippen LogP contribution in [-0.2, 0) is 23.9 Å². The Kier molecular flexibility index (Phi) is 9.64. The smallest absolute Gasteiger partial charge is 0.309 e. The maximum atomic E-state index is 15.1. The number of carboxylic acid groups (broad SMARTS) is 1. The van der Waals surface area contributed by atoms with E-state index in [1.807, 2.05) is 0 Å². The van der Waals surface area contributed by atoms with Gasteiger partial charge in [0.05, 0.1) is 17.3 Å². The van der Waals surface area contributed by atoms with Crippen LogP contribution in [0.4, 0.5) is 0 Å². The third kappa shape index (κ3) is 5.75. The van der Waals surface area contributed by atoms with Crippen molar-refractivity contribution in [3.05, 3.63) is 0 Å². The molecule has 0 spiro atoms. The summed E-state index contributed by atoms with van der Waals surface area (Å²) >= 11 is 0. The van der Waals surface area contributed by atoms with Gasteiger partial charge in [-0.05, 0) is 167 Å². The van der Waals surface area contributed by atoms with Crippen LogP contribution in [0.5, 0.6) is 0 Å². The number of methoxy groups -OCH3 is 1. The molecule has 6 saturated carbocycles. The average molecular weight is 724 g/mol. The van der Waals surface area contributed by atoms with E-state index in [9.17, 15) is 14.7 Å². The minimum absolute atomic E-state index is 0.102. The standard InChI is InChI=1S/C45H73NO6/c1-39(2,38(49)50)28-35(47)52-34-14-18-42(6)32(40(34,3)4)13-19-44(8)33(42)11-10-31-36-30(41(5)21-22-41)12-20-45(36,24-23-43(31,44)7)37(48)46-25-15-29(16-26-46)17-27-51-9/h29-34,36H,10-28H2,1-9H3,(H,49,50)/t30-,31-,32+,33-,34+,36-,42+,43-,44-,45+/m1/s1. The van der Waals surface area contributed by atoms with Gasteiger partial charge in [0, 0.05) is 32.2 Å². The highest BCUT2D eigenvalue weighted by atomic mass is 16.5. The predicted molar refractivity (Wildman–Crippen MR) is 203 cm³/mol. The van der Waals surface area contributed by atoms with E-state index >= 15 is 4.79 Å². The normalized spacial score (nSPS) is 43.8. The molecule has 0 aromatic carbocycles. The molecule has 0 unspecified atom stereocenters. The lowest BCUT2D eigenvalue weighted by Gasteiger charge is -2.73. The van der Waals surface area contributed by atoms with Gasteiger partial charge in [-0.1, -0.05) is 41.5 Å². The zero-order valence-electron chi connectivity index (χ0n) is 34.4. The summed E-state index contributed by atoms with van der Waals surface area (Å²) in [5.74, 6) is 2.67. The topological polar surface area (TPSA) is 93.1 Å². The Morgan fingerprint density at radius 2 is 1.44 bits per heavy atom. The van der Waals surface area contributed by atoms with Crippen molar-refractivity contribution in [3.8, 4) is 0 Å². The van der Waals surface area contributed by atoms with Gasteiger partial charge in [-0.2, -0.15) is 0 Å². The zero-order valence-corrected chi connectivity index (χ0v) is 34.4. The largest absolute Gasteiger partial charge is 0.481 e. The van der Waals surface area contributed by atoms with Crippen LogP contribution in [0.1, 0.15) is 158 Å². The second kappa shape index (κ2) is 13.0. The Balaban J connectivity index is 1.13. The van der Waals surface area contributed by atoms with Crippen molar-refractivity contribution in [1.82, 2.24) is 4.90 Å². The van der Waals surface area contributed by atoms with E-state index in [0.717, 1.165) is 71.1 Å². The van der Waals surface area contributed by atoms with Crippen molar-refractivity contribution in [3.63, 3.8) is 0 Å². The molecule has 1 N–H and O–H groups in total. The first kappa shape index (κ1) is 38.6. The molecule has 0 aromatic heterocycles. The molecule has 7 aliphatic rings. The first-order chi connectivity index (χ1) is 24.3. The number of rotatable bonds is 9. The zero-order chi connectivity index (χ0) is 37.7. The number of ether oxygens (including phenoxy) is 2. The van der Waals surface area contributed by atoms with Crippen molar-refractivity contribution in [2.75, 3.05) is 26.8 Å². The average Bonchev–Trinajstić information content (AvgIpc) is 3.70. The summed E-state index contributed by atoms with van der Waals surface area (Å²) in [4.78, 5) is 42.3. The van der Waals surface area contributed by atoms with Gasteiger partial charge >= 0.3 is 11.9 Å². The number of hydrogen-bond donors (Lipinski definition) is 1. The molecule has 7 nitrogen and oxygen atoms in total. The van der Waals surface area contributed by atoms with E-state index in [1.54, 1.807) is 21.0 Å². The highest BCUT2D eigenvalue weighted by Crippen LogP contribution is 2.79. The molecule has 7 heteroatoms. The molecular weight excluding hydrogens is 650 g/mol. The Morgan fingerprint density at radius 1 is 0.750 bits per heavy atom. The summed E-state index contributed by atoms with van der Waals surface area (Å²) in [6.45, 7) is 21.1. The second-order valence-corrected chi connectivity index (χ2v) is 21.9. The Morgan fingerprint density at radius 3 is 2.08 bits per heavy atom. The second-order valence-electron chi connectivity index (χ2n) is 21.9. The molecule has 1 saturated heterocycles. The van der Waals surface area contributed by atoms with E-state index in [2.05, 4.69) is 46.4 Å². The number of nitrogens with zero attached hydrogens (tertiary/aromatic N) is 1. The van der Waals surface area contributed by atoms with Crippen LogP contribution in [-0.4, -0.2) is 60.8 Å². The lowest BCUT2D eigenvalue weighted by Crippen LogP contribution is -2.67.